The van der Waals surface area contributed by atoms with Crippen LogP contribution in [-0.4, -0.2) is 5.11 Å². The second kappa shape index (κ2) is 6.07. The molecule has 1 unspecified atom stereocenters. The Labute approximate surface area is 122 Å². The normalized spacial score (nSPS) is 20.3. The average Bonchev–Trinajstić information content (AvgIpc) is 2.72. The average molecular weight is 297 g/mol. The molecule has 1 N–H and O–H groups in total. The van der Waals surface area contributed by atoms with Gasteiger partial charge in [0.25, 0.3) is 0 Å². The Balaban J connectivity index is 2.43. The molecule has 1 aromatic rings. The molecule has 0 heterocycles. The van der Waals surface area contributed by atoms with Crippen LogP contribution in [0.1, 0.15) is 55.8 Å². The first-order valence-corrected chi connectivity index (χ1v) is 7.16. The van der Waals surface area contributed by atoms with Crippen LogP contribution in [-0.2, 0) is 6.18 Å². The lowest BCUT2D eigenvalue weighted by atomic mass is 9.73. The number of halogens is 3. The number of nitriles is 1. The van der Waals surface area contributed by atoms with Crippen LogP contribution in [0.5, 0.6) is 0 Å². The fourth-order valence-electron chi connectivity index (χ4n) is 3.10. The molecule has 114 valence electrons. The molecule has 1 aliphatic rings. The second-order valence-corrected chi connectivity index (χ2v) is 5.67. The molecule has 1 atom stereocenters. The van der Waals surface area contributed by atoms with Gasteiger partial charge in [0.15, 0.2) is 0 Å². The van der Waals surface area contributed by atoms with Gasteiger partial charge in [-0.05, 0) is 24.5 Å². The Bertz CT molecular complexity index is 525. The van der Waals surface area contributed by atoms with Crippen molar-refractivity contribution in [3.63, 3.8) is 0 Å². The molecular weight excluding hydrogens is 279 g/mol. The van der Waals surface area contributed by atoms with Crippen LogP contribution in [0, 0.1) is 16.7 Å². The van der Waals surface area contributed by atoms with Gasteiger partial charge in [-0.3, -0.25) is 0 Å². The smallest absolute Gasteiger partial charge is 0.387 e. The standard InChI is InChI=1S/C16H18F3NO/c17-16(18,19)13-8-4-3-7-12(13)14(21)15(11-20)9-5-1-2-6-10-15/h3-4,7-8,14,21H,1-2,5-6,9-10H2. The lowest BCUT2D eigenvalue weighted by Crippen LogP contribution is -2.28. The quantitative estimate of drug-likeness (QED) is 0.810. The zero-order chi connectivity index (χ0) is 15.5. The van der Waals surface area contributed by atoms with Crippen molar-refractivity contribution in [2.75, 3.05) is 0 Å². The number of aliphatic hydroxyl groups excluding tert-OH is 1. The van der Waals surface area contributed by atoms with E-state index in [-0.39, 0.29) is 5.56 Å². The summed E-state index contributed by atoms with van der Waals surface area (Å²) in [6.07, 6.45) is -1.61. The van der Waals surface area contributed by atoms with Crippen LogP contribution < -0.4 is 0 Å². The molecule has 2 rings (SSSR count). The summed E-state index contributed by atoms with van der Waals surface area (Å²) in [5.74, 6) is 0. The monoisotopic (exact) mass is 297 g/mol. The molecule has 1 aliphatic carbocycles. The van der Waals surface area contributed by atoms with Crippen molar-refractivity contribution in [1.29, 1.82) is 5.26 Å². The number of nitrogens with zero attached hydrogens (tertiary/aromatic N) is 1. The Kier molecular flexibility index (Phi) is 4.58. The minimum atomic E-state index is -4.53. The highest BCUT2D eigenvalue weighted by Gasteiger charge is 2.43. The van der Waals surface area contributed by atoms with Crippen molar-refractivity contribution in [1.82, 2.24) is 0 Å². The van der Waals surface area contributed by atoms with Crippen LogP contribution in [0.2, 0.25) is 0 Å². The van der Waals surface area contributed by atoms with Crippen LogP contribution in [0.25, 0.3) is 0 Å². The first-order chi connectivity index (χ1) is 9.91. The van der Waals surface area contributed by atoms with E-state index in [1.807, 2.05) is 0 Å². The third kappa shape index (κ3) is 3.21. The molecule has 1 saturated carbocycles. The van der Waals surface area contributed by atoms with Crippen molar-refractivity contribution in [3.8, 4) is 6.07 Å². The Morgan fingerprint density at radius 3 is 2.19 bits per heavy atom. The summed E-state index contributed by atoms with van der Waals surface area (Å²) in [5.41, 5.74) is -2.15. The second-order valence-electron chi connectivity index (χ2n) is 5.67. The summed E-state index contributed by atoms with van der Waals surface area (Å²) in [6, 6.07) is 7.12. The fraction of sp³-hybridized carbons (Fsp3) is 0.562. The molecular formula is C16H18F3NO. The van der Waals surface area contributed by atoms with Gasteiger partial charge in [-0.1, -0.05) is 43.9 Å². The van der Waals surface area contributed by atoms with E-state index in [4.69, 9.17) is 0 Å². The van der Waals surface area contributed by atoms with Gasteiger partial charge < -0.3 is 5.11 Å². The zero-order valence-electron chi connectivity index (χ0n) is 11.7. The molecule has 2 nitrogen and oxygen atoms in total. The van der Waals surface area contributed by atoms with Gasteiger partial charge in [0.05, 0.1) is 23.2 Å². The molecule has 0 spiro atoms. The zero-order valence-corrected chi connectivity index (χ0v) is 11.7. The number of aliphatic hydroxyl groups is 1. The first kappa shape index (κ1) is 15.8. The van der Waals surface area contributed by atoms with Gasteiger partial charge >= 0.3 is 6.18 Å². The highest BCUT2D eigenvalue weighted by molar-refractivity contribution is 5.34. The van der Waals surface area contributed by atoms with Crippen molar-refractivity contribution >= 4 is 0 Å². The van der Waals surface area contributed by atoms with E-state index in [2.05, 4.69) is 6.07 Å². The Hall–Kier alpha value is -1.54. The number of benzene rings is 1. The third-order valence-electron chi connectivity index (χ3n) is 4.30. The number of alkyl halides is 3. The van der Waals surface area contributed by atoms with Crippen molar-refractivity contribution in [2.45, 2.75) is 50.8 Å². The van der Waals surface area contributed by atoms with E-state index in [1.54, 1.807) is 0 Å². The van der Waals surface area contributed by atoms with Gasteiger partial charge in [-0.2, -0.15) is 18.4 Å². The highest BCUT2D eigenvalue weighted by atomic mass is 19.4. The van der Waals surface area contributed by atoms with E-state index in [0.29, 0.717) is 12.8 Å². The summed E-state index contributed by atoms with van der Waals surface area (Å²) in [6.45, 7) is 0. The lowest BCUT2D eigenvalue weighted by molar-refractivity contribution is -0.139. The summed E-state index contributed by atoms with van der Waals surface area (Å²) in [4.78, 5) is 0. The van der Waals surface area contributed by atoms with Gasteiger partial charge in [0.1, 0.15) is 0 Å². The van der Waals surface area contributed by atoms with E-state index < -0.39 is 23.3 Å². The van der Waals surface area contributed by atoms with E-state index >= 15 is 0 Å². The van der Waals surface area contributed by atoms with Gasteiger partial charge in [-0.25, -0.2) is 0 Å². The number of hydrogen-bond donors (Lipinski definition) is 1. The molecule has 0 aromatic heterocycles. The van der Waals surface area contributed by atoms with Crippen LogP contribution in [0.15, 0.2) is 24.3 Å². The number of rotatable bonds is 2. The number of hydrogen-bond acceptors (Lipinski definition) is 2. The maximum Gasteiger partial charge on any atom is 0.416 e. The molecule has 0 bridgehead atoms. The van der Waals surface area contributed by atoms with Crippen molar-refractivity contribution in [3.05, 3.63) is 35.4 Å². The molecule has 0 aliphatic heterocycles. The van der Waals surface area contributed by atoms with E-state index in [1.165, 1.54) is 18.2 Å². The topological polar surface area (TPSA) is 44.0 Å². The lowest BCUT2D eigenvalue weighted by Gasteiger charge is -2.32. The molecule has 0 amide bonds. The minimum Gasteiger partial charge on any atom is -0.387 e. The fourth-order valence-corrected chi connectivity index (χ4v) is 3.10. The van der Waals surface area contributed by atoms with Crippen molar-refractivity contribution < 1.29 is 18.3 Å². The molecule has 1 aromatic carbocycles. The molecule has 1 fully saturated rings. The predicted octanol–water partition coefficient (Wildman–Crippen LogP) is 4.60. The summed E-state index contributed by atoms with van der Waals surface area (Å²) in [5, 5.41) is 20.0. The van der Waals surface area contributed by atoms with Crippen LogP contribution >= 0.6 is 0 Å². The SMILES string of the molecule is N#CC1(C(O)c2ccccc2C(F)(F)F)CCCCCC1. The van der Waals surface area contributed by atoms with Crippen molar-refractivity contribution in [2.24, 2.45) is 5.41 Å². The third-order valence-corrected chi connectivity index (χ3v) is 4.30. The predicted molar refractivity (Wildman–Crippen MR) is 72.2 cm³/mol. The van der Waals surface area contributed by atoms with E-state index in [9.17, 15) is 23.5 Å². The summed E-state index contributed by atoms with van der Waals surface area (Å²) < 4.78 is 39.3. The summed E-state index contributed by atoms with van der Waals surface area (Å²) in [7, 11) is 0. The highest BCUT2D eigenvalue weighted by Crippen LogP contribution is 2.47. The largest absolute Gasteiger partial charge is 0.416 e. The molecule has 21 heavy (non-hydrogen) atoms. The van der Waals surface area contributed by atoms with Gasteiger partial charge in [0.2, 0.25) is 0 Å². The maximum absolute atomic E-state index is 13.1. The minimum absolute atomic E-state index is 0.187. The first-order valence-electron chi connectivity index (χ1n) is 7.16. The summed E-state index contributed by atoms with van der Waals surface area (Å²) >= 11 is 0. The van der Waals surface area contributed by atoms with E-state index in [0.717, 1.165) is 31.7 Å². The van der Waals surface area contributed by atoms with Gasteiger partial charge in [-0.15, -0.1) is 0 Å². The molecule has 5 heteroatoms. The molecule has 0 saturated heterocycles. The maximum atomic E-state index is 13.1. The van der Waals surface area contributed by atoms with Crippen LogP contribution in [0.3, 0.4) is 0 Å². The Morgan fingerprint density at radius 1 is 1.10 bits per heavy atom. The van der Waals surface area contributed by atoms with Gasteiger partial charge in [0, 0.05) is 0 Å². The van der Waals surface area contributed by atoms with Crippen LogP contribution in [0.4, 0.5) is 13.2 Å². The molecule has 0 radical (unpaired) electrons. The Morgan fingerprint density at radius 2 is 1.67 bits per heavy atom.